The van der Waals surface area contributed by atoms with Crippen molar-refractivity contribution in [3.63, 3.8) is 0 Å². The molecule has 1 aliphatic carbocycles. The highest BCUT2D eigenvalue weighted by atomic mass is 35.5. The van der Waals surface area contributed by atoms with E-state index in [1.165, 1.54) is 32.1 Å². The normalized spacial score (nSPS) is 24.5. The van der Waals surface area contributed by atoms with Crippen LogP contribution in [0, 0.1) is 11.8 Å². The highest BCUT2D eigenvalue weighted by molar-refractivity contribution is 6.48. The maximum Gasteiger partial charge on any atom is 0.306 e. The zero-order valence-corrected chi connectivity index (χ0v) is 24.9. The lowest BCUT2D eigenvalue weighted by molar-refractivity contribution is -0.144. The molecule has 6 heteroatoms. The maximum atomic E-state index is 13.5. The minimum Gasteiger partial charge on any atom is -0.481 e. The summed E-state index contributed by atoms with van der Waals surface area (Å²) in [5.74, 6) is -0.237. The summed E-state index contributed by atoms with van der Waals surface area (Å²) in [6.07, 6.45) is 11.0. The van der Waals surface area contributed by atoms with Gasteiger partial charge in [-0.3, -0.25) is 9.59 Å². The maximum absolute atomic E-state index is 13.5. The number of amides is 1. The lowest BCUT2D eigenvalue weighted by atomic mass is 9.90. The predicted octanol–water partition coefficient (Wildman–Crippen LogP) is 6.18. The second-order valence-electron chi connectivity index (χ2n) is 12.1. The van der Waals surface area contributed by atoms with Gasteiger partial charge in [0.2, 0.25) is 0 Å². The molecule has 0 radical (unpaired) electrons. The SMILES string of the molecule is C/C=c1/cc(C(=O)N2C3CCC2CC(C(=O)O)C3)cc/c1=C(\Cl)C(NC1CCCCC1)=C(C)C.CC(C)C. The van der Waals surface area contributed by atoms with Crippen LogP contribution in [0.1, 0.15) is 110 Å². The van der Waals surface area contributed by atoms with Gasteiger partial charge in [-0.1, -0.05) is 69.4 Å². The molecule has 2 aliphatic heterocycles. The number of rotatable bonds is 5. The average Bonchev–Trinajstić information content (AvgIpc) is 3.14. The lowest BCUT2D eigenvalue weighted by Crippen LogP contribution is -2.48. The minimum absolute atomic E-state index is 0.00452. The van der Waals surface area contributed by atoms with E-state index in [0.29, 0.717) is 29.5 Å². The monoisotopic (exact) mass is 542 g/mol. The third-order valence-corrected chi connectivity index (χ3v) is 8.23. The van der Waals surface area contributed by atoms with Gasteiger partial charge in [-0.25, -0.2) is 0 Å². The molecule has 2 saturated heterocycles. The summed E-state index contributed by atoms with van der Waals surface area (Å²) in [7, 11) is 0. The second-order valence-corrected chi connectivity index (χ2v) is 12.5. The molecule has 4 rings (SSSR count). The first-order valence-electron chi connectivity index (χ1n) is 14.5. The van der Waals surface area contributed by atoms with Crippen molar-refractivity contribution in [2.24, 2.45) is 11.8 Å². The van der Waals surface area contributed by atoms with Crippen molar-refractivity contribution < 1.29 is 14.7 Å². The number of carbonyl (C=O) groups excluding carboxylic acids is 1. The number of nitrogens with zero attached hydrogens (tertiary/aromatic N) is 1. The van der Waals surface area contributed by atoms with E-state index in [9.17, 15) is 14.7 Å². The molecule has 1 saturated carbocycles. The Morgan fingerprint density at radius 1 is 1.03 bits per heavy atom. The Labute approximate surface area is 234 Å². The minimum atomic E-state index is -0.738. The molecule has 3 fully saturated rings. The first-order valence-corrected chi connectivity index (χ1v) is 14.9. The van der Waals surface area contributed by atoms with Crippen molar-refractivity contribution in [2.75, 3.05) is 0 Å². The van der Waals surface area contributed by atoms with Gasteiger partial charge in [0.05, 0.1) is 16.6 Å². The molecule has 2 atom stereocenters. The predicted molar refractivity (Wildman–Crippen MR) is 157 cm³/mol. The number of hydrogen-bond donors (Lipinski definition) is 2. The number of carbonyl (C=O) groups is 2. The quantitative estimate of drug-likeness (QED) is 0.466. The van der Waals surface area contributed by atoms with E-state index >= 15 is 0 Å². The van der Waals surface area contributed by atoms with Gasteiger partial charge in [0.1, 0.15) is 0 Å². The summed E-state index contributed by atoms with van der Waals surface area (Å²) in [6.45, 7) is 12.6. The number of piperidine rings is 1. The molecule has 210 valence electrons. The van der Waals surface area contributed by atoms with E-state index < -0.39 is 5.97 Å². The number of nitrogens with one attached hydrogen (secondary N) is 1. The summed E-state index contributed by atoms with van der Waals surface area (Å²) in [6, 6.07) is 6.26. The average molecular weight is 543 g/mol. The molecular formula is C32H47ClN2O3. The highest BCUT2D eigenvalue weighted by Crippen LogP contribution is 2.39. The van der Waals surface area contributed by atoms with Crippen molar-refractivity contribution in [3.05, 3.63) is 45.5 Å². The Hall–Kier alpha value is -2.27. The Balaban J connectivity index is 0.000000934. The van der Waals surface area contributed by atoms with E-state index in [1.807, 2.05) is 36.1 Å². The molecule has 2 bridgehead atoms. The fourth-order valence-electron chi connectivity index (χ4n) is 6.01. The number of carboxylic acid groups (broad SMARTS) is 1. The van der Waals surface area contributed by atoms with Crippen molar-refractivity contribution in [3.8, 4) is 0 Å². The van der Waals surface area contributed by atoms with Gasteiger partial charge in [-0.05, 0) is 82.6 Å². The standard InChI is InChI=1S/C28H37ClN2O3.C4H10/c1-4-18-14-19(27(32)31-22-11-12-23(31)16-20(15-22)28(33)34)10-13-24(18)25(29)26(17(2)3)30-21-8-6-5-7-9-21;1-4(2)3/h4,10,13-14,20-23,30H,5-9,11-12,15-16H2,1-3H3,(H,33,34);4H,1-3H3/b18-4-,25-24+;. The van der Waals surface area contributed by atoms with E-state index in [2.05, 4.69) is 39.9 Å². The molecule has 3 aliphatic rings. The molecular weight excluding hydrogens is 496 g/mol. The van der Waals surface area contributed by atoms with E-state index in [-0.39, 0.29) is 23.9 Å². The van der Waals surface area contributed by atoms with Gasteiger partial charge in [-0.2, -0.15) is 0 Å². The molecule has 1 amide bonds. The number of fused-ring (bicyclic) bond motifs is 2. The van der Waals surface area contributed by atoms with Crippen LogP contribution in [-0.4, -0.2) is 40.0 Å². The number of carboxylic acids is 1. The van der Waals surface area contributed by atoms with Crippen molar-refractivity contribution in [1.82, 2.24) is 10.2 Å². The topological polar surface area (TPSA) is 69.6 Å². The first-order chi connectivity index (χ1) is 18.0. The summed E-state index contributed by atoms with van der Waals surface area (Å²) in [5, 5.41) is 15.7. The van der Waals surface area contributed by atoms with Gasteiger partial charge in [-0.15, -0.1) is 0 Å². The summed E-state index contributed by atoms with van der Waals surface area (Å²) >= 11 is 6.98. The largest absolute Gasteiger partial charge is 0.481 e. The molecule has 38 heavy (non-hydrogen) atoms. The summed E-state index contributed by atoms with van der Waals surface area (Å²) in [5.41, 5.74) is 2.78. The zero-order chi connectivity index (χ0) is 28.0. The van der Waals surface area contributed by atoms with Crippen LogP contribution in [0.4, 0.5) is 0 Å². The van der Waals surface area contributed by atoms with Crippen LogP contribution in [0.3, 0.4) is 0 Å². The van der Waals surface area contributed by atoms with Crippen LogP contribution >= 0.6 is 11.6 Å². The number of benzene rings is 1. The molecule has 2 N–H and O–H groups in total. The van der Waals surface area contributed by atoms with Crippen LogP contribution in [0.15, 0.2) is 29.5 Å². The van der Waals surface area contributed by atoms with Gasteiger partial charge >= 0.3 is 5.97 Å². The third-order valence-electron chi connectivity index (χ3n) is 7.84. The Morgan fingerprint density at radius 2 is 1.61 bits per heavy atom. The van der Waals surface area contributed by atoms with Crippen molar-refractivity contribution >= 4 is 34.6 Å². The highest BCUT2D eigenvalue weighted by Gasteiger charge is 2.45. The van der Waals surface area contributed by atoms with Crippen LogP contribution in [0.2, 0.25) is 0 Å². The second kappa shape index (κ2) is 13.7. The van der Waals surface area contributed by atoms with Crippen LogP contribution in [-0.2, 0) is 4.79 Å². The first kappa shape index (κ1) is 30.3. The Bertz CT molecular complexity index is 1130. The zero-order valence-electron chi connectivity index (χ0n) is 24.1. The Kier molecular flexibility index (Phi) is 10.9. The van der Waals surface area contributed by atoms with Gasteiger partial charge < -0.3 is 15.3 Å². The van der Waals surface area contributed by atoms with Gasteiger partial charge in [0, 0.05) is 28.9 Å². The smallest absolute Gasteiger partial charge is 0.306 e. The summed E-state index contributed by atoms with van der Waals surface area (Å²) < 4.78 is 0. The van der Waals surface area contributed by atoms with E-state index in [1.54, 1.807) is 0 Å². The molecule has 5 nitrogen and oxygen atoms in total. The van der Waals surface area contributed by atoms with Crippen LogP contribution in [0.25, 0.3) is 11.1 Å². The van der Waals surface area contributed by atoms with Gasteiger partial charge in [0.25, 0.3) is 5.91 Å². The third kappa shape index (κ3) is 7.43. The molecule has 1 aromatic carbocycles. The number of hydrogen-bond acceptors (Lipinski definition) is 3. The fourth-order valence-corrected chi connectivity index (χ4v) is 6.42. The lowest BCUT2D eigenvalue weighted by Gasteiger charge is -2.37. The van der Waals surface area contributed by atoms with Crippen molar-refractivity contribution in [2.45, 2.75) is 117 Å². The number of aliphatic carboxylic acids is 1. The number of halogens is 1. The molecule has 0 spiro atoms. The molecule has 2 heterocycles. The number of allylic oxidation sites excluding steroid dienone is 2. The van der Waals surface area contributed by atoms with Crippen LogP contribution in [0.5, 0.6) is 0 Å². The molecule has 2 unspecified atom stereocenters. The molecule has 1 aromatic rings. The van der Waals surface area contributed by atoms with Crippen LogP contribution < -0.4 is 15.8 Å². The van der Waals surface area contributed by atoms with Gasteiger partial charge in [0.15, 0.2) is 0 Å². The summed E-state index contributed by atoms with van der Waals surface area (Å²) in [4.78, 5) is 26.9. The van der Waals surface area contributed by atoms with Crippen molar-refractivity contribution in [1.29, 1.82) is 0 Å². The Morgan fingerprint density at radius 3 is 2.11 bits per heavy atom. The van der Waals surface area contributed by atoms with E-state index in [0.717, 1.165) is 40.5 Å². The molecule has 0 aromatic heterocycles. The fraction of sp³-hybridized carbons (Fsp3) is 0.625. The van der Waals surface area contributed by atoms with E-state index in [4.69, 9.17) is 11.6 Å².